The van der Waals surface area contributed by atoms with E-state index in [0.29, 0.717) is 0 Å². The summed E-state index contributed by atoms with van der Waals surface area (Å²) in [5.74, 6) is 1.02. The van der Waals surface area contributed by atoms with Crippen LogP contribution >= 0.6 is 0 Å². The van der Waals surface area contributed by atoms with E-state index in [4.69, 9.17) is 0 Å². The molecule has 0 saturated carbocycles. The Balaban J connectivity index is 1.31. The van der Waals surface area contributed by atoms with E-state index in [1.807, 2.05) is 0 Å². The third-order valence-electron chi connectivity index (χ3n) is 6.93. The summed E-state index contributed by atoms with van der Waals surface area (Å²) < 4.78 is 2.33. The lowest BCUT2D eigenvalue weighted by molar-refractivity contribution is 0.176. The molecule has 5 rings (SSSR count). The Labute approximate surface area is 172 Å². The molecule has 3 aliphatic rings. The van der Waals surface area contributed by atoms with Crippen molar-refractivity contribution in [2.24, 2.45) is 0 Å². The molecule has 0 radical (unpaired) electrons. The summed E-state index contributed by atoms with van der Waals surface area (Å²) in [4.78, 5) is 16.8. The zero-order valence-electron chi connectivity index (χ0n) is 17.3. The molecule has 2 aromatic rings. The number of fused-ring (bicyclic) bond motifs is 3. The first-order chi connectivity index (χ1) is 14.3. The highest BCUT2D eigenvalue weighted by Gasteiger charge is 2.27. The largest absolute Gasteiger partial charge is 0.352 e. The van der Waals surface area contributed by atoms with Gasteiger partial charge in [0.05, 0.1) is 5.56 Å². The Kier molecular flexibility index (Phi) is 5.38. The van der Waals surface area contributed by atoms with Gasteiger partial charge in [0.1, 0.15) is 23.4 Å². The zero-order valence-corrected chi connectivity index (χ0v) is 17.3. The molecular formula is C22H31N7. The van der Waals surface area contributed by atoms with Gasteiger partial charge in [-0.1, -0.05) is 6.42 Å². The molecule has 7 nitrogen and oxygen atoms in total. The molecule has 5 heterocycles. The predicted octanol–water partition coefficient (Wildman–Crippen LogP) is 2.25. The van der Waals surface area contributed by atoms with E-state index in [1.165, 1.54) is 51.9 Å². The number of piperidine rings is 1. The highest BCUT2D eigenvalue weighted by Crippen LogP contribution is 2.34. The number of likely N-dealkylation sites (tertiary alicyclic amines) is 1. The van der Waals surface area contributed by atoms with Crippen LogP contribution < -0.4 is 4.90 Å². The van der Waals surface area contributed by atoms with Crippen molar-refractivity contribution in [3.8, 4) is 6.07 Å². The first-order valence-electron chi connectivity index (χ1n) is 11.3. The van der Waals surface area contributed by atoms with Crippen molar-refractivity contribution in [2.75, 3.05) is 57.3 Å². The zero-order chi connectivity index (χ0) is 19.6. The van der Waals surface area contributed by atoms with Crippen molar-refractivity contribution < 1.29 is 0 Å². The summed E-state index contributed by atoms with van der Waals surface area (Å²) in [6, 6.07) is 2.42. The minimum atomic E-state index is 0.767. The van der Waals surface area contributed by atoms with Crippen molar-refractivity contribution in [1.82, 2.24) is 24.3 Å². The molecular weight excluding hydrogens is 362 g/mol. The molecule has 3 aliphatic heterocycles. The van der Waals surface area contributed by atoms with Crippen LogP contribution in [0.5, 0.6) is 0 Å². The topological polar surface area (TPSA) is 64.2 Å². The van der Waals surface area contributed by atoms with E-state index in [9.17, 15) is 5.26 Å². The third kappa shape index (κ3) is 3.60. The molecule has 0 spiro atoms. The van der Waals surface area contributed by atoms with Crippen molar-refractivity contribution in [2.45, 2.75) is 45.1 Å². The molecule has 0 aromatic carbocycles. The Morgan fingerprint density at radius 2 is 1.55 bits per heavy atom. The molecule has 0 aliphatic carbocycles. The summed E-state index contributed by atoms with van der Waals surface area (Å²) in [7, 11) is 0. The van der Waals surface area contributed by atoms with Crippen molar-refractivity contribution in [3.05, 3.63) is 17.6 Å². The lowest BCUT2D eigenvalue weighted by Gasteiger charge is -2.37. The van der Waals surface area contributed by atoms with Gasteiger partial charge < -0.3 is 14.4 Å². The summed E-state index contributed by atoms with van der Waals surface area (Å²) >= 11 is 0. The summed E-state index contributed by atoms with van der Waals surface area (Å²) in [6.07, 6.45) is 9.08. The number of aromatic nitrogens is 3. The fourth-order valence-electron chi connectivity index (χ4n) is 5.27. The molecule has 0 amide bonds. The van der Waals surface area contributed by atoms with Crippen LogP contribution in [0.4, 0.5) is 5.82 Å². The van der Waals surface area contributed by atoms with Crippen LogP contribution in [0.2, 0.25) is 0 Å². The monoisotopic (exact) mass is 393 g/mol. The minimum Gasteiger partial charge on any atom is -0.352 e. The first-order valence-corrected chi connectivity index (χ1v) is 11.3. The molecule has 0 atom stereocenters. The highest BCUT2D eigenvalue weighted by molar-refractivity contribution is 5.92. The number of aryl methyl sites for hydroxylation is 1. The Morgan fingerprint density at radius 1 is 0.828 bits per heavy atom. The molecule has 0 N–H and O–H groups in total. The van der Waals surface area contributed by atoms with Crippen LogP contribution in [0, 0.1) is 11.3 Å². The van der Waals surface area contributed by atoms with Gasteiger partial charge in [-0.15, -0.1) is 0 Å². The molecule has 2 saturated heterocycles. The van der Waals surface area contributed by atoms with E-state index in [0.717, 1.165) is 73.7 Å². The van der Waals surface area contributed by atoms with Crippen LogP contribution in [0.15, 0.2) is 6.33 Å². The molecule has 154 valence electrons. The number of hydrogen-bond acceptors (Lipinski definition) is 6. The fourth-order valence-corrected chi connectivity index (χ4v) is 5.27. The number of nitrogens with zero attached hydrogens (tertiary/aromatic N) is 7. The van der Waals surface area contributed by atoms with Crippen molar-refractivity contribution in [3.63, 3.8) is 0 Å². The van der Waals surface area contributed by atoms with Gasteiger partial charge >= 0.3 is 0 Å². The second-order valence-corrected chi connectivity index (χ2v) is 8.67. The van der Waals surface area contributed by atoms with Gasteiger partial charge in [-0.2, -0.15) is 5.26 Å². The van der Waals surface area contributed by atoms with Gasteiger partial charge in [-0.3, -0.25) is 4.90 Å². The Hall–Kier alpha value is -2.17. The van der Waals surface area contributed by atoms with Crippen LogP contribution in [0.25, 0.3) is 11.0 Å². The molecule has 0 bridgehead atoms. The van der Waals surface area contributed by atoms with Crippen LogP contribution in [-0.2, 0) is 13.0 Å². The van der Waals surface area contributed by atoms with E-state index >= 15 is 0 Å². The second kappa shape index (κ2) is 8.29. The normalized spacial score (nSPS) is 21.3. The van der Waals surface area contributed by atoms with Gasteiger partial charge in [0, 0.05) is 51.5 Å². The number of hydrogen-bond donors (Lipinski definition) is 0. The van der Waals surface area contributed by atoms with E-state index in [1.54, 1.807) is 6.33 Å². The fraction of sp³-hybridized carbons (Fsp3) is 0.682. The molecule has 29 heavy (non-hydrogen) atoms. The molecule has 2 fully saturated rings. The van der Waals surface area contributed by atoms with E-state index < -0.39 is 0 Å². The van der Waals surface area contributed by atoms with Crippen LogP contribution in [0.1, 0.15) is 43.4 Å². The maximum absolute atomic E-state index is 9.73. The van der Waals surface area contributed by atoms with Crippen LogP contribution in [0.3, 0.4) is 0 Å². The molecule has 2 aromatic heterocycles. The Morgan fingerprint density at radius 3 is 2.31 bits per heavy atom. The van der Waals surface area contributed by atoms with Gasteiger partial charge in [-0.05, 0) is 45.2 Å². The quantitative estimate of drug-likeness (QED) is 0.794. The average molecular weight is 394 g/mol. The van der Waals surface area contributed by atoms with Crippen molar-refractivity contribution >= 4 is 16.9 Å². The van der Waals surface area contributed by atoms with Gasteiger partial charge in [0.25, 0.3) is 0 Å². The van der Waals surface area contributed by atoms with Crippen molar-refractivity contribution in [1.29, 1.82) is 5.26 Å². The predicted molar refractivity (Wildman–Crippen MR) is 114 cm³/mol. The van der Waals surface area contributed by atoms with Gasteiger partial charge in [0.15, 0.2) is 5.82 Å². The number of anilines is 1. The lowest BCUT2D eigenvalue weighted by atomic mass is 10.1. The average Bonchev–Trinajstić information content (AvgIpc) is 3.12. The number of piperazine rings is 1. The number of rotatable bonds is 4. The Bertz CT molecular complexity index is 898. The van der Waals surface area contributed by atoms with Crippen LogP contribution in [-0.4, -0.2) is 76.7 Å². The molecule has 7 heteroatoms. The standard InChI is InChI=1S/C22H31N7/c23-16-18-19-6-2-5-9-29(19)21-20(18)24-17-25-22(21)28-14-12-27(13-15-28)11-10-26-7-3-1-4-8-26/h17H,1-15H2. The van der Waals surface area contributed by atoms with E-state index in [2.05, 4.69) is 35.3 Å². The second-order valence-electron chi connectivity index (χ2n) is 8.67. The number of nitriles is 1. The van der Waals surface area contributed by atoms with Gasteiger partial charge in [-0.25, -0.2) is 9.97 Å². The SMILES string of the molecule is N#Cc1c2n(c3c(N4CCN(CCN5CCCCC5)CC4)ncnc13)CCCC2. The highest BCUT2D eigenvalue weighted by atomic mass is 15.3. The lowest BCUT2D eigenvalue weighted by Crippen LogP contribution is -2.49. The maximum Gasteiger partial charge on any atom is 0.156 e. The maximum atomic E-state index is 9.73. The van der Waals surface area contributed by atoms with E-state index in [-0.39, 0.29) is 0 Å². The minimum absolute atomic E-state index is 0.767. The first kappa shape index (κ1) is 18.8. The molecule has 0 unspecified atom stereocenters. The third-order valence-corrected chi connectivity index (χ3v) is 6.93. The van der Waals surface area contributed by atoms with Gasteiger partial charge in [0.2, 0.25) is 0 Å². The summed E-state index contributed by atoms with van der Waals surface area (Å²) in [6.45, 7) is 10.1. The summed E-state index contributed by atoms with van der Waals surface area (Å²) in [5, 5.41) is 9.73. The summed E-state index contributed by atoms with van der Waals surface area (Å²) in [5.41, 5.74) is 3.86. The smallest absolute Gasteiger partial charge is 0.156 e.